The molecule has 110 valence electrons. The zero-order chi connectivity index (χ0) is 14.8. The number of aryl methyl sites for hydroxylation is 2. The van der Waals surface area contributed by atoms with E-state index in [1.54, 1.807) is 6.07 Å². The Morgan fingerprint density at radius 3 is 2.81 bits per heavy atom. The lowest BCUT2D eigenvalue weighted by atomic mass is 9.95. The van der Waals surface area contributed by atoms with E-state index in [1.165, 1.54) is 30.0 Å². The van der Waals surface area contributed by atoms with Gasteiger partial charge in [-0.15, -0.1) is 0 Å². The van der Waals surface area contributed by atoms with Gasteiger partial charge in [0.05, 0.1) is 11.1 Å². The second-order valence-electron chi connectivity index (χ2n) is 5.52. The van der Waals surface area contributed by atoms with E-state index < -0.39 is 0 Å². The molecule has 0 radical (unpaired) electrons. The zero-order valence-electron chi connectivity index (χ0n) is 12.1. The highest BCUT2D eigenvalue weighted by atomic mass is 35.5. The van der Waals surface area contributed by atoms with Gasteiger partial charge in [-0.3, -0.25) is 0 Å². The average molecular weight is 304 g/mol. The van der Waals surface area contributed by atoms with Crippen LogP contribution in [0.2, 0.25) is 5.02 Å². The standard InChI is InChI=1S/C18H19ClFN/c1-2-21-18(15-7-4-8-16(20)17(15)19)14-10-9-12-5-3-6-13(12)11-14/h4,7-11,18,21H,2-3,5-6H2,1H3. The van der Waals surface area contributed by atoms with Gasteiger partial charge in [0.1, 0.15) is 5.82 Å². The first-order valence-corrected chi connectivity index (χ1v) is 7.87. The van der Waals surface area contributed by atoms with Crippen molar-refractivity contribution in [3.8, 4) is 0 Å². The Morgan fingerprint density at radius 1 is 1.19 bits per heavy atom. The summed E-state index contributed by atoms with van der Waals surface area (Å²) in [5.41, 5.74) is 4.82. The number of fused-ring (bicyclic) bond motifs is 1. The third-order valence-corrected chi connectivity index (χ3v) is 4.56. The highest BCUT2D eigenvalue weighted by molar-refractivity contribution is 6.31. The molecule has 3 heteroatoms. The van der Waals surface area contributed by atoms with Crippen LogP contribution in [-0.2, 0) is 12.8 Å². The van der Waals surface area contributed by atoms with Crippen molar-refractivity contribution >= 4 is 11.6 Å². The molecule has 0 amide bonds. The minimum Gasteiger partial charge on any atom is -0.306 e. The lowest BCUT2D eigenvalue weighted by Gasteiger charge is -2.21. The van der Waals surface area contributed by atoms with Crippen LogP contribution in [0.25, 0.3) is 0 Å². The predicted octanol–water partition coefficient (Wildman–Crippen LogP) is 4.67. The molecule has 1 unspecified atom stereocenters. The quantitative estimate of drug-likeness (QED) is 0.865. The Balaban J connectivity index is 2.03. The molecule has 0 saturated heterocycles. The van der Waals surface area contributed by atoms with Gasteiger partial charge in [-0.2, -0.15) is 0 Å². The lowest BCUT2D eigenvalue weighted by Crippen LogP contribution is -2.22. The molecule has 0 aromatic heterocycles. The second kappa shape index (κ2) is 6.17. The summed E-state index contributed by atoms with van der Waals surface area (Å²) in [4.78, 5) is 0. The monoisotopic (exact) mass is 303 g/mol. The van der Waals surface area contributed by atoms with Crippen molar-refractivity contribution in [2.45, 2.75) is 32.2 Å². The van der Waals surface area contributed by atoms with E-state index in [1.807, 2.05) is 13.0 Å². The Kier molecular flexibility index (Phi) is 4.27. The highest BCUT2D eigenvalue weighted by Crippen LogP contribution is 2.32. The fraction of sp³-hybridized carbons (Fsp3) is 0.333. The van der Waals surface area contributed by atoms with Gasteiger partial charge in [-0.1, -0.05) is 48.9 Å². The first-order chi connectivity index (χ1) is 10.2. The van der Waals surface area contributed by atoms with Crippen LogP contribution in [-0.4, -0.2) is 6.54 Å². The molecule has 3 rings (SSSR count). The number of hydrogen-bond acceptors (Lipinski definition) is 1. The van der Waals surface area contributed by atoms with E-state index >= 15 is 0 Å². The van der Waals surface area contributed by atoms with Gasteiger partial charge in [0.2, 0.25) is 0 Å². The number of benzene rings is 2. The molecule has 1 nitrogen and oxygen atoms in total. The molecule has 2 aromatic carbocycles. The SMILES string of the molecule is CCNC(c1ccc2c(c1)CCC2)c1cccc(F)c1Cl. The minimum atomic E-state index is -0.363. The Bertz CT molecular complexity index is 654. The van der Waals surface area contributed by atoms with Crippen LogP contribution in [0, 0.1) is 5.82 Å². The van der Waals surface area contributed by atoms with E-state index in [4.69, 9.17) is 11.6 Å². The number of nitrogens with one attached hydrogen (secondary N) is 1. The molecule has 2 aromatic rings. The van der Waals surface area contributed by atoms with E-state index in [-0.39, 0.29) is 16.9 Å². The molecule has 1 aliphatic carbocycles. The van der Waals surface area contributed by atoms with Crippen LogP contribution in [0.4, 0.5) is 4.39 Å². The summed E-state index contributed by atoms with van der Waals surface area (Å²) < 4.78 is 13.8. The Morgan fingerprint density at radius 2 is 2.00 bits per heavy atom. The molecule has 0 bridgehead atoms. The van der Waals surface area contributed by atoms with Gasteiger partial charge >= 0.3 is 0 Å². The maximum atomic E-state index is 13.8. The van der Waals surface area contributed by atoms with Gasteiger partial charge in [0.25, 0.3) is 0 Å². The molecule has 0 spiro atoms. The third kappa shape index (κ3) is 2.83. The van der Waals surface area contributed by atoms with Crippen LogP contribution in [0.3, 0.4) is 0 Å². The number of rotatable bonds is 4. The van der Waals surface area contributed by atoms with Crippen molar-refractivity contribution in [3.05, 3.63) is 69.5 Å². The van der Waals surface area contributed by atoms with Gasteiger partial charge in [-0.05, 0) is 54.1 Å². The number of halogens is 2. The average Bonchev–Trinajstić information content (AvgIpc) is 2.95. The Hall–Kier alpha value is -1.38. The van der Waals surface area contributed by atoms with Crippen molar-refractivity contribution in [2.24, 2.45) is 0 Å². The summed E-state index contributed by atoms with van der Waals surface area (Å²) in [6.45, 7) is 2.85. The van der Waals surface area contributed by atoms with Crippen molar-refractivity contribution in [2.75, 3.05) is 6.54 Å². The first-order valence-electron chi connectivity index (χ1n) is 7.49. The number of hydrogen-bond donors (Lipinski definition) is 1. The maximum absolute atomic E-state index is 13.8. The molecule has 0 saturated carbocycles. The first kappa shape index (κ1) is 14.6. The van der Waals surface area contributed by atoms with E-state index in [9.17, 15) is 4.39 Å². The van der Waals surface area contributed by atoms with Crippen LogP contribution in [0.1, 0.15) is 41.6 Å². The van der Waals surface area contributed by atoms with Crippen LogP contribution in [0.5, 0.6) is 0 Å². The summed E-state index contributed by atoms with van der Waals surface area (Å²) >= 11 is 6.18. The summed E-state index contributed by atoms with van der Waals surface area (Å²) in [5.74, 6) is -0.363. The van der Waals surface area contributed by atoms with Gasteiger partial charge in [0, 0.05) is 0 Å². The van der Waals surface area contributed by atoms with Crippen molar-refractivity contribution < 1.29 is 4.39 Å². The smallest absolute Gasteiger partial charge is 0.142 e. The summed E-state index contributed by atoms with van der Waals surface area (Å²) in [6.07, 6.45) is 3.53. The second-order valence-corrected chi connectivity index (χ2v) is 5.89. The summed E-state index contributed by atoms with van der Waals surface area (Å²) in [5, 5.41) is 3.64. The Labute approximate surface area is 130 Å². The minimum absolute atomic E-state index is 0.0656. The fourth-order valence-corrected chi connectivity index (χ4v) is 3.36. The molecule has 0 fully saturated rings. The van der Waals surface area contributed by atoms with Crippen LogP contribution >= 0.6 is 11.6 Å². The van der Waals surface area contributed by atoms with E-state index in [0.717, 1.165) is 24.1 Å². The van der Waals surface area contributed by atoms with Crippen molar-refractivity contribution in [1.82, 2.24) is 5.32 Å². The highest BCUT2D eigenvalue weighted by Gasteiger charge is 2.20. The normalized spacial score (nSPS) is 15.0. The maximum Gasteiger partial charge on any atom is 0.142 e. The van der Waals surface area contributed by atoms with E-state index in [0.29, 0.717) is 0 Å². The molecule has 0 aliphatic heterocycles. The molecule has 21 heavy (non-hydrogen) atoms. The lowest BCUT2D eigenvalue weighted by molar-refractivity contribution is 0.603. The predicted molar refractivity (Wildman–Crippen MR) is 85.4 cm³/mol. The largest absolute Gasteiger partial charge is 0.306 e. The van der Waals surface area contributed by atoms with Gasteiger partial charge in [0.15, 0.2) is 0 Å². The van der Waals surface area contributed by atoms with Crippen molar-refractivity contribution in [3.63, 3.8) is 0 Å². The molecule has 1 aliphatic rings. The van der Waals surface area contributed by atoms with Gasteiger partial charge < -0.3 is 5.32 Å². The fourth-order valence-electron chi connectivity index (χ4n) is 3.13. The topological polar surface area (TPSA) is 12.0 Å². The zero-order valence-corrected chi connectivity index (χ0v) is 12.9. The molecule has 1 N–H and O–H groups in total. The van der Waals surface area contributed by atoms with Crippen LogP contribution in [0.15, 0.2) is 36.4 Å². The summed E-state index contributed by atoms with van der Waals surface area (Å²) in [6, 6.07) is 11.5. The van der Waals surface area contributed by atoms with Crippen LogP contribution < -0.4 is 5.32 Å². The molecular formula is C18H19ClFN. The van der Waals surface area contributed by atoms with E-state index in [2.05, 4.69) is 23.5 Å². The molecule has 1 atom stereocenters. The van der Waals surface area contributed by atoms with Gasteiger partial charge in [-0.25, -0.2) is 4.39 Å². The summed E-state index contributed by atoms with van der Waals surface area (Å²) in [7, 11) is 0. The van der Waals surface area contributed by atoms with Crippen molar-refractivity contribution in [1.29, 1.82) is 0 Å². The molecular weight excluding hydrogens is 285 g/mol. The third-order valence-electron chi connectivity index (χ3n) is 4.16. The molecule has 0 heterocycles.